The van der Waals surface area contributed by atoms with Crippen LogP contribution in [-0.2, 0) is 21.0 Å². The van der Waals surface area contributed by atoms with E-state index in [1.54, 1.807) is 0 Å². The molecule has 0 spiro atoms. The van der Waals surface area contributed by atoms with Gasteiger partial charge in [0.15, 0.2) is 0 Å². The van der Waals surface area contributed by atoms with E-state index in [1.807, 2.05) is 11.6 Å². The van der Waals surface area contributed by atoms with Crippen LogP contribution in [0.3, 0.4) is 0 Å². The Bertz CT molecular complexity index is 600. The molecule has 1 aromatic rings. The van der Waals surface area contributed by atoms with Crippen molar-refractivity contribution in [2.45, 2.75) is 24.4 Å². The van der Waals surface area contributed by atoms with E-state index in [-0.39, 0.29) is 0 Å². The van der Waals surface area contributed by atoms with Crippen molar-refractivity contribution < 1.29 is 26.4 Å². The van der Waals surface area contributed by atoms with Gasteiger partial charge in [0.1, 0.15) is 0 Å². The van der Waals surface area contributed by atoms with E-state index in [0.29, 0.717) is 19.0 Å². The van der Waals surface area contributed by atoms with Crippen molar-refractivity contribution in [3.8, 4) is 0 Å². The molecule has 118 valence electrons. The SMILES string of the molecule is CCCNC(=O)CNS(=O)(=O)c1cccc(C(F)(F)F)c1. The van der Waals surface area contributed by atoms with Crippen LogP contribution in [0.2, 0.25) is 0 Å². The van der Waals surface area contributed by atoms with Crippen molar-refractivity contribution in [2.75, 3.05) is 13.1 Å². The second kappa shape index (κ2) is 6.90. The lowest BCUT2D eigenvalue weighted by molar-refractivity contribution is -0.137. The predicted molar refractivity (Wildman–Crippen MR) is 69.9 cm³/mol. The Morgan fingerprint density at radius 2 is 1.95 bits per heavy atom. The molecule has 0 aliphatic heterocycles. The van der Waals surface area contributed by atoms with Crippen LogP contribution >= 0.6 is 0 Å². The summed E-state index contributed by atoms with van der Waals surface area (Å²) in [6.07, 6.45) is -3.95. The Balaban J connectivity index is 2.82. The van der Waals surface area contributed by atoms with Gasteiger partial charge in [-0.3, -0.25) is 4.79 Å². The fourth-order valence-electron chi connectivity index (χ4n) is 1.41. The van der Waals surface area contributed by atoms with Crippen LogP contribution in [0.5, 0.6) is 0 Å². The van der Waals surface area contributed by atoms with Gasteiger partial charge in [-0.2, -0.15) is 13.2 Å². The van der Waals surface area contributed by atoms with Crippen LogP contribution in [0, 0.1) is 0 Å². The van der Waals surface area contributed by atoms with Crippen molar-refractivity contribution in [1.82, 2.24) is 10.0 Å². The first kappa shape index (κ1) is 17.4. The normalized spacial score (nSPS) is 12.2. The Kier molecular flexibility index (Phi) is 5.73. The maximum Gasteiger partial charge on any atom is 0.416 e. The Labute approximate surface area is 120 Å². The molecule has 5 nitrogen and oxygen atoms in total. The van der Waals surface area contributed by atoms with Crippen LogP contribution in [-0.4, -0.2) is 27.4 Å². The molecule has 2 N–H and O–H groups in total. The molecule has 0 bridgehead atoms. The highest BCUT2D eigenvalue weighted by Gasteiger charge is 2.31. The van der Waals surface area contributed by atoms with Gasteiger partial charge >= 0.3 is 6.18 Å². The number of amides is 1. The zero-order valence-corrected chi connectivity index (χ0v) is 12.0. The number of benzene rings is 1. The molecule has 0 saturated carbocycles. The molecule has 0 aliphatic rings. The molecule has 1 rings (SSSR count). The molecule has 0 saturated heterocycles. The number of hydrogen-bond donors (Lipinski definition) is 2. The summed E-state index contributed by atoms with van der Waals surface area (Å²) >= 11 is 0. The lowest BCUT2D eigenvalue weighted by atomic mass is 10.2. The van der Waals surface area contributed by atoms with Gasteiger partial charge in [-0.25, -0.2) is 13.1 Å². The topological polar surface area (TPSA) is 75.3 Å². The first-order chi connectivity index (χ1) is 9.66. The average Bonchev–Trinajstić information content (AvgIpc) is 2.42. The van der Waals surface area contributed by atoms with E-state index in [0.717, 1.165) is 18.2 Å². The third kappa shape index (κ3) is 5.35. The van der Waals surface area contributed by atoms with E-state index in [4.69, 9.17) is 0 Å². The second-order valence-corrected chi connectivity index (χ2v) is 5.97. The standard InChI is InChI=1S/C12H15F3N2O3S/c1-2-6-16-11(18)8-17-21(19,20)10-5-3-4-9(7-10)12(13,14)15/h3-5,7,17H,2,6,8H2,1H3,(H,16,18). The molecule has 21 heavy (non-hydrogen) atoms. The third-order valence-corrected chi connectivity index (χ3v) is 3.87. The summed E-state index contributed by atoms with van der Waals surface area (Å²) in [6, 6.07) is 3.31. The Hall–Kier alpha value is -1.61. The predicted octanol–water partition coefficient (Wildman–Crippen LogP) is 1.51. The van der Waals surface area contributed by atoms with Crippen LogP contribution in [0.15, 0.2) is 29.2 Å². The molecular weight excluding hydrogens is 309 g/mol. The molecule has 0 unspecified atom stereocenters. The Morgan fingerprint density at radius 1 is 1.29 bits per heavy atom. The van der Waals surface area contributed by atoms with Crippen molar-refractivity contribution >= 4 is 15.9 Å². The summed E-state index contributed by atoms with van der Waals surface area (Å²) in [7, 11) is -4.17. The average molecular weight is 324 g/mol. The number of rotatable bonds is 6. The van der Waals surface area contributed by atoms with E-state index >= 15 is 0 Å². The lowest BCUT2D eigenvalue weighted by Gasteiger charge is -2.10. The van der Waals surface area contributed by atoms with Crippen molar-refractivity contribution in [3.63, 3.8) is 0 Å². The maximum atomic E-state index is 12.5. The van der Waals surface area contributed by atoms with E-state index in [2.05, 4.69) is 5.32 Å². The molecule has 0 atom stereocenters. The summed E-state index contributed by atoms with van der Waals surface area (Å²) in [4.78, 5) is 10.7. The molecule has 0 aliphatic carbocycles. The summed E-state index contributed by atoms with van der Waals surface area (Å²) in [5.74, 6) is -0.549. The Morgan fingerprint density at radius 3 is 2.52 bits per heavy atom. The van der Waals surface area contributed by atoms with Gasteiger partial charge in [-0.05, 0) is 24.6 Å². The van der Waals surface area contributed by atoms with Crippen molar-refractivity contribution in [1.29, 1.82) is 0 Å². The van der Waals surface area contributed by atoms with Crippen LogP contribution in [0.25, 0.3) is 0 Å². The van der Waals surface area contributed by atoms with Crippen molar-refractivity contribution in [2.24, 2.45) is 0 Å². The highest BCUT2D eigenvalue weighted by Crippen LogP contribution is 2.30. The number of hydrogen-bond acceptors (Lipinski definition) is 3. The van der Waals surface area contributed by atoms with Crippen LogP contribution in [0.4, 0.5) is 13.2 Å². The fourth-order valence-corrected chi connectivity index (χ4v) is 2.44. The first-order valence-corrected chi connectivity index (χ1v) is 7.58. The molecule has 9 heteroatoms. The molecule has 0 aromatic heterocycles. The third-order valence-electron chi connectivity index (χ3n) is 2.47. The van der Waals surface area contributed by atoms with E-state index in [1.165, 1.54) is 0 Å². The molecule has 0 heterocycles. The second-order valence-electron chi connectivity index (χ2n) is 4.20. The smallest absolute Gasteiger partial charge is 0.355 e. The van der Waals surface area contributed by atoms with Gasteiger partial charge in [-0.1, -0.05) is 13.0 Å². The molecule has 1 amide bonds. The van der Waals surface area contributed by atoms with E-state index in [9.17, 15) is 26.4 Å². The number of halogens is 3. The lowest BCUT2D eigenvalue weighted by Crippen LogP contribution is -2.37. The quantitative estimate of drug-likeness (QED) is 0.833. The summed E-state index contributed by atoms with van der Waals surface area (Å²) in [5.41, 5.74) is -1.07. The number of carbonyl (C=O) groups excluding carboxylic acids is 1. The minimum absolute atomic E-state index is 0.393. The molecule has 0 fully saturated rings. The minimum atomic E-state index is -4.63. The molecule has 1 aromatic carbocycles. The van der Waals surface area contributed by atoms with Gasteiger partial charge in [0.05, 0.1) is 17.0 Å². The van der Waals surface area contributed by atoms with E-state index < -0.39 is 39.1 Å². The van der Waals surface area contributed by atoms with Crippen molar-refractivity contribution in [3.05, 3.63) is 29.8 Å². The zero-order chi connectivity index (χ0) is 16.1. The van der Waals surface area contributed by atoms with Gasteiger partial charge in [0.2, 0.25) is 15.9 Å². The summed E-state index contributed by atoms with van der Waals surface area (Å²) in [5, 5.41) is 2.45. The first-order valence-electron chi connectivity index (χ1n) is 6.10. The summed E-state index contributed by atoms with van der Waals surface area (Å²) in [6.45, 7) is 1.69. The maximum absolute atomic E-state index is 12.5. The van der Waals surface area contributed by atoms with Gasteiger partial charge in [0, 0.05) is 6.54 Å². The molecular formula is C12H15F3N2O3S. The van der Waals surface area contributed by atoms with Gasteiger partial charge < -0.3 is 5.32 Å². The zero-order valence-electron chi connectivity index (χ0n) is 11.2. The van der Waals surface area contributed by atoms with Gasteiger partial charge in [-0.15, -0.1) is 0 Å². The number of carbonyl (C=O) groups is 1. The highest BCUT2D eigenvalue weighted by atomic mass is 32.2. The van der Waals surface area contributed by atoms with Crippen LogP contribution < -0.4 is 10.0 Å². The number of nitrogens with one attached hydrogen (secondary N) is 2. The fraction of sp³-hybridized carbons (Fsp3) is 0.417. The largest absolute Gasteiger partial charge is 0.416 e. The highest BCUT2D eigenvalue weighted by molar-refractivity contribution is 7.89. The summed E-state index contributed by atoms with van der Waals surface area (Å²) < 4.78 is 63.2. The minimum Gasteiger partial charge on any atom is -0.355 e. The number of alkyl halides is 3. The van der Waals surface area contributed by atoms with Gasteiger partial charge in [0.25, 0.3) is 0 Å². The monoisotopic (exact) mass is 324 g/mol. The van der Waals surface area contributed by atoms with Crippen LogP contribution in [0.1, 0.15) is 18.9 Å². The molecule has 0 radical (unpaired) electrons. The number of sulfonamides is 1.